The first kappa shape index (κ1) is 9.66. The van der Waals surface area contributed by atoms with Crippen LogP contribution >= 0.6 is 23.2 Å². The van der Waals surface area contributed by atoms with E-state index in [1.54, 1.807) is 0 Å². The molecule has 0 aliphatic rings. The monoisotopic (exact) mass is 178 g/mol. The summed E-state index contributed by atoms with van der Waals surface area (Å²) < 4.78 is 0. The first-order chi connectivity index (χ1) is 4.70. The molecule has 0 aromatic carbocycles. The lowest BCUT2D eigenvalue weighted by molar-refractivity contribution is 1.31. The van der Waals surface area contributed by atoms with Crippen molar-refractivity contribution in [3.8, 4) is 0 Å². The van der Waals surface area contributed by atoms with Gasteiger partial charge in [0, 0.05) is 6.20 Å². The Hall–Kier alpha value is -0.340. The van der Waals surface area contributed by atoms with Crippen LogP contribution in [-0.4, -0.2) is 10.5 Å². The van der Waals surface area contributed by atoms with Crippen molar-refractivity contribution in [3.63, 3.8) is 0 Å². The fourth-order valence-corrected chi connectivity index (χ4v) is 0.578. The summed E-state index contributed by atoms with van der Waals surface area (Å²) >= 11 is 11.0. The van der Waals surface area contributed by atoms with E-state index in [4.69, 9.17) is 23.2 Å². The standard InChI is InChI=1S/C6H8Cl2N2/c1-3-5(7)10-6(8)9-4-2/h4H,2-3H2,1H3/b9-6-,10-5+. The Morgan fingerprint density at radius 1 is 1.60 bits per heavy atom. The van der Waals surface area contributed by atoms with E-state index in [9.17, 15) is 0 Å². The number of hydrogen-bond donors (Lipinski definition) is 0. The number of hydrogen-bond acceptors (Lipinski definition) is 1. The maximum Gasteiger partial charge on any atom is 0.223 e. The van der Waals surface area contributed by atoms with Gasteiger partial charge in [0.25, 0.3) is 0 Å². The number of nitrogens with zero attached hydrogens (tertiary/aromatic N) is 2. The van der Waals surface area contributed by atoms with Crippen LogP contribution in [0.15, 0.2) is 22.8 Å². The van der Waals surface area contributed by atoms with Crippen LogP contribution in [-0.2, 0) is 0 Å². The third kappa shape index (κ3) is 4.53. The van der Waals surface area contributed by atoms with Gasteiger partial charge in [-0.1, -0.05) is 25.1 Å². The Balaban J connectivity index is 4.11. The molecule has 0 heterocycles. The summed E-state index contributed by atoms with van der Waals surface area (Å²) in [7, 11) is 0. The minimum atomic E-state index is 0.113. The summed E-state index contributed by atoms with van der Waals surface area (Å²) in [5.74, 6) is 0. The highest BCUT2D eigenvalue weighted by Gasteiger charge is 1.90. The van der Waals surface area contributed by atoms with Crippen LogP contribution in [0, 0.1) is 0 Å². The molecule has 0 aromatic rings. The molecule has 0 bridgehead atoms. The van der Waals surface area contributed by atoms with Crippen LogP contribution in [0.3, 0.4) is 0 Å². The lowest BCUT2D eigenvalue weighted by atomic mass is 10.5. The molecule has 0 aliphatic carbocycles. The predicted molar refractivity (Wildman–Crippen MR) is 47.1 cm³/mol. The number of amidine groups is 1. The third-order valence-corrected chi connectivity index (χ3v) is 1.24. The van der Waals surface area contributed by atoms with Crippen LogP contribution in [0.1, 0.15) is 13.3 Å². The highest BCUT2D eigenvalue weighted by Crippen LogP contribution is 1.96. The van der Waals surface area contributed by atoms with Crippen LogP contribution in [0.4, 0.5) is 0 Å². The van der Waals surface area contributed by atoms with Gasteiger partial charge in [0.15, 0.2) is 0 Å². The van der Waals surface area contributed by atoms with Crippen LogP contribution in [0.2, 0.25) is 0 Å². The number of halogens is 2. The Morgan fingerprint density at radius 2 is 2.20 bits per heavy atom. The summed E-state index contributed by atoms with van der Waals surface area (Å²) in [5.41, 5.74) is 0. The topological polar surface area (TPSA) is 24.7 Å². The summed E-state index contributed by atoms with van der Waals surface area (Å²) in [4.78, 5) is 7.30. The molecule has 0 aromatic heterocycles. The van der Waals surface area contributed by atoms with E-state index in [-0.39, 0.29) is 5.29 Å². The number of rotatable bonds is 2. The van der Waals surface area contributed by atoms with Gasteiger partial charge in [0.2, 0.25) is 5.29 Å². The van der Waals surface area contributed by atoms with Gasteiger partial charge in [-0.3, -0.25) is 0 Å². The Kier molecular flexibility index (Phi) is 5.26. The molecule has 0 fully saturated rings. The van der Waals surface area contributed by atoms with Crippen molar-refractivity contribution in [3.05, 3.63) is 12.8 Å². The van der Waals surface area contributed by atoms with Crippen LogP contribution in [0.25, 0.3) is 0 Å². The lowest BCUT2D eigenvalue weighted by Gasteiger charge is -1.88. The first-order valence-corrected chi connectivity index (χ1v) is 3.53. The second-order valence-electron chi connectivity index (χ2n) is 1.42. The molecule has 0 spiro atoms. The van der Waals surface area contributed by atoms with Gasteiger partial charge < -0.3 is 0 Å². The average Bonchev–Trinajstić information content (AvgIpc) is 1.88. The minimum Gasteiger partial charge on any atom is -0.227 e. The normalized spacial score (nSPS) is 13.5. The van der Waals surface area contributed by atoms with Crippen molar-refractivity contribution in [1.29, 1.82) is 0 Å². The average molecular weight is 179 g/mol. The maximum absolute atomic E-state index is 5.55. The van der Waals surface area contributed by atoms with Crippen molar-refractivity contribution in [2.24, 2.45) is 9.98 Å². The van der Waals surface area contributed by atoms with Gasteiger partial charge >= 0.3 is 0 Å². The van der Waals surface area contributed by atoms with Crippen molar-refractivity contribution in [2.45, 2.75) is 13.3 Å². The van der Waals surface area contributed by atoms with Crippen LogP contribution < -0.4 is 0 Å². The predicted octanol–water partition coefficient (Wildman–Crippen LogP) is 2.77. The zero-order valence-corrected chi connectivity index (χ0v) is 7.15. The smallest absolute Gasteiger partial charge is 0.223 e. The Labute approximate surface area is 70.3 Å². The van der Waals surface area contributed by atoms with Crippen LogP contribution in [0.5, 0.6) is 0 Å². The zero-order valence-electron chi connectivity index (χ0n) is 5.64. The fourth-order valence-electron chi connectivity index (χ4n) is 0.283. The van der Waals surface area contributed by atoms with Gasteiger partial charge in [0.1, 0.15) is 5.17 Å². The molecule has 56 valence electrons. The molecule has 2 nitrogen and oxygen atoms in total. The second kappa shape index (κ2) is 5.45. The summed E-state index contributed by atoms with van der Waals surface area (Å²) in [5, 5.41) is 0.553. The largest absolute Gasteiger partial charge is 0.227 e. The van der Waals surface area contributed by atoms with Gasteiger partial charge in [-0.15, -0.1) is 0 Å². The molecule has 4 heteroatoms. The van der Waals surface area contributed by atoms with Gasteiger partial charge in [-0.25, -0.2) is 9.98 Å². The van der Waals surface area contributed by atoms with E-state index in [0.717, 1.165) is 0 Å². The Bertz CT molecular complexity index is 173. The van der Waals surface area contributed by atoms with Crippen molar-refractivity contribution < 1.29 is 0 Å². The minimum absolute atomic E-state index is 0.113. The summed E-state index contributed by atoms with van der Waals surface area (Å²) in [6.07, 6.45) is 1.97. The molecule has 0 unspecified atom stereocenters. The molecule has 0 rings (SSSR count). The van der Waals surface area contributed by atoms with E-state index < -0.39 is 0 Å². The zero-order chi connectivity index (χ0) is 7.98. The third-order valence-electron chi connectivity index (χ3n) is 0.703. The van der Waals surface area contributed by atoms with Crippen molar-refractivity contribution in [1.82, 2.24) is 0 Å². The second-order valence-corrected chi connectivity index (χ2v) is 2.20. The molecule has 0 amide bonds. The number of aliphatic imine (C=N–C) groups is 2. The molecule has 0 aliphatic heterocycles. The first-order valence-electron chi connectivity index (χ1n) is 2.78. The molecule has 0 saturated heterocycles. The van der Waals surface area contributed by atoms with E-state index >= 15 is 0 Å². The van der Waals surface area contributed by atoms with Crippen molar-refractivity contribution >= 4 is 33.7 Å². The highest BCUT2D eigenvalue weighted by molar-refractivity contribution is 6.71. The molecule has 0 radical (unpaired) electrons. The maximum atomic E-state index is 5.55. The molecular formula is C6H8Cl2N2. The van der Waals surface area contributed by atoms with Crippen molar-refractivity contribution in [2.75, 3.05) is 0 Å². The molecule has 0 saturated carbocycles. The van der Waals surface area contributed by atoms with Gasteiger partial charge in [-0.2, -0.15) is 0 Å². The fraction of sp³-hybridized carbons (Fsp3) is 0.333. The quantitative estimate of drug-likeness (QED) is 0.353. The lowest BCUT2D eigenvalue weighted by Crippen LogP contribution is -1.87. The highest BCUT2D eigenvalue weighted by atomic mass is 35.5. The molecular weight excluding hydrogens is 171 g/mol. The van der Waals surface area contributed by atoms with E-state index in [0.29, 0.717) is 11.6 Å². The van der Waals surface area contributed by atoms with E-state index in [2.05, 4.69) is 16.6 Å². The SMILES string of the molecule is C=C/N=C(Cl)\N=C(\Cl)CC. The summed E-state index contributed by atoms with van der Waals surface area (Å²) in [6.45, 7) is 5.23. The van der Waals surface area contributed by atoms with Gasteiger partial charge in [0.05, 0.1) is 0 Å². The molecule has 10 heavy (non-hydrogen) atoms. The van der Waals surface area contributed by atoms with E-state index in [1.165, 1.54) is 6.20 Å². The van der Waals surface area contributed by atoms with Gasteiger partial charge in [-0.05, 0) is 18.0 Å². The Morgan fingerprint density at radius 3 is 2.60 bits per heavy atom. The van der Waals surface area contributed by atoms with E-state index in [1.807, 2.05) is 6.92 Å². The molecule has 0 N–H and O–H groups in total. The summed E-state index contributed by atoms with van der Waals surface area (Å²) in [6, 6.07) is 0. The molecule has 0 atom stereocenters.